The van der Waals surface area contributed by atoms with Crippen LogP contribution in [0, 0.1) is 0 Å². The number of hydrogen-bond acceptors (Lipinski definition) is 5. The average Bonchev–Trinajstić information content (AvgIpc) is 2.93. The van der Waals surface area contributed by atoms with Gasteiger partial charge in [-0.2, -0.15) is 0 Å². The zero-order valence-electron chi connectivity index (χ0n) is 13.3. The summed E-state index contributed by atoms with van der Waals surface area (Å²) in [5.41, 5.74) is 1.35. The molecule has 124 valence electrons. The van der Waals surface area contributed by atoms with E-state index < -0.39 is 17.7 Å². The second kappa shape index (κ2) is 6.87. The van der Waals surface area contributed by atoms with Crippen molar-refractivity contribution in [3.05, 3.63) is 39.7 Å². The molecule has 0 fully saturated rings. The number of dihydropyridines is 1. The van der Waals surface area contributed by atoms with Crippen molar-refractivity contribution >= 4 is 29.0 Å². The van der Waals surface area contributed by atoms with Crippen LogP contribution in [0.15, 0.2) is 30.0 Å². The summed E-state index contributed by atoms with van der Waals surface area (Å²) in [6.45, 7) is 6.34. The van der Waals surface area contributed by atoms with Crippen LogP contribution >= 0.6 is 11.3 Å². The third-order valence-corrected chi connectivity index (χ3v) is 4.10. The van der Waals surface area contributed by atoms with E-state index in [0.717, 1.165) is 16.0 Å². The minimum absolute atomic E-state index is 0.291. The zero-order chi connectivity index (χ0) is 17.0. The zero-order valence-corrected chi connectivity index (χ0v) is 14.1. The Labute approximate surface area is 138 Å². The summed E-state index contributed by atoms with van der Waals surface area (Å²) >= 11 is 1.22. The molecule has 0 aromatic carbocycles. The van der Waals surface area contributed by atoms with Gasteiger partial charge in [-0.3, -0.25) is 0 Å². The van der Waals surface area contributed by atoms with Crippen molar-refractivity contribution in [1.82, 2.24) is 10.6 Å². The van der Waals surface area contributed by atoms with Crippen molar-refractivity contribution in [3.8, 4) is 0 Å². The molecule has 0 unspecified atom stereocenters. The third kappa shape index (κ3) is 4.85. The van der Waals surface area contributed by atoms with Crippen LogP contribution < -0.4 is 10.6 Å². The van der Waals surface area contributed by atoms with E-state index in [1.807, 2.05) is 12.3 Å². The number of ether oxygens (including phenoxy) is 1. The van der Waals surface area contributed by atoms with E-state index in [1.54, 1.807) is 32.9 Å². The van der Waals surface area contributed by atoms with Crippen LogP contribution in [0.3, 0.4) is 0 Å². The number of aromatic carboxylic acids is 1. The Morgan fingerprint density at radius 3 is 2.74 bits per heavy atom. The van der Waals surface area contributed by atoms with Gasteiger partial charge in [0.25, 0.3) is 0 Å². The molecule has 1 aliphatic rings. The Hall–Kier alpha value is -2.28. The van der Waals surface area contributed by atoms with Gasteiger partial charge in [-0.1, -0.05) is 0 Å². The van der Waals surface area contributed by atoms with E-state index in [0.29, 0.717) is 18.0 Å². The number of rotatable bonds is 4. The number of allylic oxidation sites excluding steroid dienone is 2. The molecular formula is C16H20N2O4S. The van der Waals surface area contributed by atoms with E-state index in [1.165, 1.54) is 11.3 Å². The SMILES string of the molecule is CC(C)(C)OC(=O)NCC1=C(c2ccc(C(=O)O)s2)C=CNC1. The molecule has 6 nitrogen and oxygen atoms in total. The lowest BCUT2D eigenvalue weighted by atomic mass is 10.0. The van der Waals surface area contributed by atoms with Crippen molar-refractivity contribution in [1.29, 1.82) is 0 Å². The number of carboxylic acid groups (broad SMARTS) is 1. The number of thiophene rings is 1. The largest absolute Gasteiger partial charge is 0.477 e. The molecule has 23 heavy (non-hydrogen) atoms. The minimum atomic E-state index is -0.937. The van der Waals surface area contributed by atoms with Gasteiger partial charge in [0.15, 0.2) is 0 Å². The molecule has 7 heteroatoms. The molecular weight excluding hydrogens is 316 g/mol. The molecule has 0 spiro atoms. The lowest BCUT2D eigenvalue weighted by molar-refractivity contribution is 0.0532. The van der Waals surface area contributed by atoms with Crippen LogP contribution in [-0.2, 0) is 4.74 Å². The van der Waals surface area contributed by atoms with E-state index in [9.17, 15) is 9.59 Å². The highest BCUT2D eigenvalue weighted by molar-refractivity contribution is 7.15. The van der Waals surface area contributed by atoms with Crippen LogP contribution in [-0.4, -0.2) is 35.9 Å². The predicted molar refractivity (Wildman–Crippen MR) is 89.6 cm³/mol. The summed E-state index contributed by atoms with van der Waals surface area (Å²) in [6.07, 6.45) is 3.22. The summed E-state index contributed by atoms with van der Waals surface area (Å²) in [5, 5.41) is 14.9. The Morgan fingerprint density at radius 1 is 1.39 bits per heavy atom. The summed E-state index contributed by atoms with van der Waals surface area (Å²) in [4.78, 5) is 23.9. The average molecular weight is 336 g/mol. The maximum Gasteiger partial charge on any atom is 0.407 e. The lowest BCUT2D eigenvalue weighted by Gasteiger charge is -2.21. The molecule has 0 saturated carbocycles. The van der Waals surface area contributed by atoms with E-state index in [-0.39, 0.29) is 0 Å². The van der Waals surface area contributed by atoms with Gasteiger partial charge < -0.3 is 20.5 Å². The Balaban J connectivity index is 2.12. The molecule has 1 aliphatic heterocycles. The second-order valence-electron chi connectivity index (χ2n) is 6.06. The van der Waals surface area contributed by atoms with E-state index in [2.05, 4.69) is 10.6 Å². The molecule has 3 N–H and O–H groups in total. The van der Waals surface area contributed by atoms with Crippen LogP contribution in [0.2, 0.25) is 0 Å². The van der Waals surface area contributed by atoms with Gasteiger partial charge >= 0.3 is 12.1 Å². The van der Waals surface area contributed by atoms with E-state index in [4.69, 9.17) is 9.84 Å². The van der Waals surface area contributed by atoms with Crippen LogP contribution in [0.25, 0.3) is 5.57 Å². The number of nitrogens with one attached hydrogen (secondary N) is 2. The van der Waals surface area contributed by atoms with Crippen molar-refractivity contribution in [2.75, 3.05) is 13.1 Å². The first-order valence-corrected chi connectivity index (χ1v) is 8.00. The topological polar surface area (TPSA) is 87.7 Å². The van der Waals surface area contributed by atoms with Gasteiger partial charge in [0.1, 0.15) is 10.5 Å². The Bertz CT molecular complexity index is 668. The first kappa shape index (κ1) is 17.1. The number of amides is 1. The molecule has 0 radical (unpaired) electrons. The highest BCUT2D eigenvalue weighted by Gasteiger charge is 2.18. The molecule has 1 aromatic heterocycles. The van der Waals surface area contributed by atoms with Crippen LogP contribution in [0.5, 0.6) is 0 Å². The number of carboxylic acids is 1. The molecule has 0 aliphatic carbocycles. The smallest absolute Gasteiger partial charge is 0.407 e. The second-order valence-corrected chi connectivity index (χ2v) is 7.14. The van der Waals surface area contributed by atoms with Crippen molar-refractivity contribution < 1.29 is 19.4 Å². The summed E-state index contributed by atoms with van der Waals surface area (Å²) in [6, 6.07) is 3.37. The minimum Gasteiger partial charge on any atom is -0.477 e. The normalized spacial score (nSPS) is 14.4. The van der Waals surface area contributed by atoms with Crippen molar-refractivity contribution in [3.63, 3.8) is 0 Å². The lowest BCUT2D eigenvalue weighted by Crippen LogP contribution is -2.35. The molecule has 2 heterocycles. The quantitative estimate of drug-likeness (QED) is 0.787. The predicted octanol–water partition coefficient (Wildman–Crippen LogP) is 2.84. The van der Waals surface area contributed by atoms with Crippen molar-refractivity contribution in [2.24, 2.45) is 0 Å². The van der Waals surface area contributed by atoms with Gasteiger partial charge in [-0.25, -0.2) is 9.59 Å². The maximum atomic E-state index is 11.8. The molecule has 0 atom stereocenters. The fraction of sp³-hybridized carbons (Fsp3) is 0.375. The Morgan fingerprint density at radius 2 is 2.13 bits per heavy atom. The number of carbonyl (C=O) groups excluding carboxylic acids is 1. The van der Waals surface area contributed by atoms with E-state index >= 15 is 0 Å². The highest BCUT2D eigenvalue weighted by atomic mass is 32.1. The first-order valence-electron chi connectivity index (χ1n) is 7.18. The van der Waals surface area contributed by atoms with Crippen LogP contribution in [0.1, 0.15) is 35.3 Å². The van der Waals surface area contributed by atoms with Crippen molar-refractivity contribution in [2.45, 2.75) is 26.4 Å². The highest BCUT2D eigenvalue weighted by Crippen LogP contribution is 2.28. The molecule has 1 aromatic rings. The molecule has 0 bridgehead atoms. The summed E-state index contributed by atoms with van der Waals surface area (Å²) in [7, 11) is 0. The molecule has 0 saturated heterocycles. The standard InChI is InChI=1S/C16H20N2O4S/c1-16(2,3)22-15(21)18-9-10-8-17-7-6-11(10)12-4-5-13(23-12)14(19)20/h4-7,17H,8-9H2,1-3H3,(H,18,21)(H,19,20). The number of carbonyl (C=O) groups is 2. The molecule has 1 amide bonds. The molecule has 2 rings (SSSR count). The maximum absolute atomic E-state index is 11.8. The van der Waals surface area contributed by atoms with Crippen LogP contribution in [0.4, 0.5) is 4.79 Å². The monoisotopic (exact) mass is 336 g/mol. The number of hydrogen-bond donors (Lipinski definition) is 3. The fourth-order valence-electron chi connectivity index (χ4n) is 2.04. The van der Waals surface area contributed by atoms with Gasteiger partial charge in [-0.05, 0) is 56.3 Å². The summed E-state index contributed by atoms with van der Waals surface area (Å²) in [5.74, 6) is -0.937. The van der Waals surface area contributed by atoms with Gasteiger partial charge in [0.05, 0.1) is 0 Å². The number of alkyl carbamates (subject to hydrolysis) is 1. The summed E-state index contributed by atoms with van der Waals surface area (Å²) < 4.78 is 5.22. The third-order valence-electron chi connectivity index (χ3n) is 2.99. The fourth-order valence-corrected chi connectivity index (χ4v) is 2.96. The van der Waals surface area contributed by atoms with Gasteiger partial charge in [0.2, 0.25) is 0 Å². The Kier molecular flexibility index (Phi) is 5.10. The van der Waals surface area contributed by atoms with Gasteiger partial charge in [-0.15, -0.1) is 11.3 Å². The van der Waals surface area contributed by atoms with Gasteiger partial charge in [0, 0.05) is 18.0 Å². The first-order chi connectivity index (χ1) is 10.8.